The van der Waals surface area contributed by atoms with Gasteiger partial charge in [0.25, 0.3) is 0 Å². The average molecular weight is 311 g/mol. The molecule has 3 nitrogen and oxygen atoms in total. The second-order valence-electron chi connectivity index (χ2n) is 5.95. The minimum atomic E-state index is 0. The number of amides is 1. The first-order valence-electron chi connectivity index (χ1n) is 7.69. The molecule has 0 aromatic heterocycles. The summed E-state index contributed by atoms with van der Waals surface area (Å²) in [5.74, 6) is 0.811. The van der Waals surface area contributed by atoms with Crippen LogP contribution in [-0.4, -0.2) is 25.5 Å². The Bertz CT molecular complexity index is 424. The lowest BCUT2D eigenvalue weighted by molar-refractivity contribution is -0.125. The third kappa shape index (κ3) is 5.33. The Kier molecular flexibility index (Phi) is 7.76. The first-order valence-corrected chi connectivity index (χ1v) is 7.69. The highest BCUT2D eigenvalue weighted by atomic mass is 35.5. The number of hydrogen-bond donors (Lipinski definition) is 2. The largest absolute Gasteiger partial charge is 0.353 e. The maximum Gasteiger partial charge on any atom is 0.224 e. The number of benzene rings is 1. The maximum atomic E-state index is 12.1. The van der Waals surface area contributed by atoms with Crippen LogP contribution in [0.25, 0.3) is 0 Å². The van der Waals surface area contributed by atoms with E-state index in [0.717, 1.165) is 19.4 Å². The molecular weight excluding hydrogens is 284 g/mol. The Balaban J connectivity index is 0.00000220. The molecule has 3 unspecified atom stereocenters. The fourth-order valence-corrected chi connectivity index (χ4v) is 3.11. The Morgan fingerprint density at radius 3 is 2.67 bits per heavy atom. The van der Waals surface area contributed by atoms with Crippen molar-refractivity contribution in [3.05, 3.63) is 35.9 Å². The van der Waals surface area contributed by atoms with Crippen LogP contribution >= 0.6 is 12.4 Å². The van der Waals surface area contributed by atoms with Gasteiger partial charge in [-0.25, -0.2) is 0 Å². The Hall–Kier alpha value is -1.06. The summed E-state index contributed by atoms with van der Waals surface area (Å²) >= 11 is 0. The van der Waals surface area contributed by atoms with Gasteiger partial charge in [-0.2, -0.15) is 0 Å². The zero-order chi connectivity index (χ0) is 14.4. The third-order valence-electron chi connectivity index (χ3n) is 4.29. The molecule has 1 aliphatic rings. The minimum absolute atomic E-state index is 0. The van der Waals surface area contributed by atoms with Crippen molar-refractivity contribution in [1.29, 1.82) is 0 Å². The molecule has 1 saturated carbocycles. The zero-order valence-corrected chi connectivity index (χ0v) is 13.8. The minimum Gasteiger partial charge on any atom is -0.353 e. The smallest absolute Gasteiger partial charge is 0.224 e. The van der Waals surface area contributed by atoms with Crippen LogP contribution in [0.3, 0.4) is 0 Å². The maximum absolute atomic E-state index is 12.1. The number of hydrogen-bond acceptors (Lipinski definition) is 2. The van der Waals surface area contributed by atoms with Crippen LogP contribution in [0.15, 0.2) is 30.3 Å². The van der Waals surface area contributed by atoms with E-state index < -0.39 is 0 Å². The number of rotatable bonds is 6. The van der Waals surface area contributed by atoms with Crippen molar-refractivity contribution in [3.63, 3.8) is 0 Å². The molecule has 1 fully saturated rings. The van der Waals surface area contributed by atoms with Gasteiger partial charge in [-0.3, -0.25) is 4.79 Å². The molecule has 0 aliphatic heterocycles. The van der Waals surface area contributed by atoms with E-state index in [1.165, 1.54) is 18.4 Å². The van der Waals surface area contributed by atoms with Crippen molar-refractivity contribution >= 4 is 18.3 Å². The van der Waals surface area contributed by atoms with E-state index in [9.17, 15) is 4.79 Å². The highest BCUT2D eigenvalue weighted by molar-refractivity contribution is 5.85. The highest BCUT2D eigenvalue weighted by Crippen LogP contribution is 2.29. The molecule has 3 atom stereocenters. The van der Waals surface area contributed by atoms with Gasteiger partial charge in [0.2, 0.25) is 5.91 Å². The van der Waals surface area contributed by atoms with Crippen molar-refractivity contribution in [2.45, 2.75) is 38.6 Å². The molecule has 0 bridgehead atoms. The number of carbonyl (C=O) groups is 1. The van der Waals surface area contributed by atoms with Gasteiger partial charge >= 0.3 is 0 Å². The summed E-state index contributed by atoms with van der Waals surface area (Å²) in [6.45, 7) is 2.72. The lowest BCUT2D eigenvalue weighted by Gasteiger charge is -2.23. The van der Waals surface area contributed by atoms with Gasteiger partial charge in [-0.05, 0) is 37.8 Å². The predicted octanol–water partition coefficient (Wildman–Crippen LogP) is 2.79. The molecule has 0 heterocycles. The summed E-state index contributed by atoms with van der Waals surface area (Å²) in [7, 11) is 1.89. The third-order valence-corrected chi connectivity index (χ3v) is 4.29. The fourth-order valence-electron chi connectivity index (χ4n) is 3.11. The molecule has 4 heteroatoms. The summed E-state index contributed by atoms with van der Waals surface area (Å²) < 4.78 is 0. The van der Waals surface area contributed by atoms with Crippen LogP contribution in [0, 0.1) is 11.8 Å². The topological polar surface area (TPSA) is 41.1 Å². The van der Waals surface area contributed by atoms with Crippen LogP contribution in [0.2, 0.25) is 0 Å². The van der Waals surface area contributed by atoms with Crippen molar-refractivity contribution < 1.29 is 4.79 Å². The predicted molar refractivity (Wildman–Crippen MR) is 89.8 cm³/mol. The summed E-state index contributed by atoms with van der Waals surface area (Å²) in [6.07, 6.45) is 4.64. The average Bonchev–Trinajstić information content (AvgIpc) is 2.87. The van der Waals surface area contributed by atoms with Gasteiger partial charge in [0.05, 0.1) is 0 Å². The molecule has 1 aromatic carbocycles. The Labute approximate surface area is 134 Å². The van der Waals surface area contributed by atoms with E-state index >= 15 is 0 Å². The Morgan fingerprint density at radius 1 is 1.29 bits per heavy atom. The first kappa shape index (κ1) is 18.0. The van der Waals surface area contributed by atoms with E-state index in [2.05, 4.69) is 41.0 Å². The van der Waals surface area contributed by atoms with Crippen molar-refractivity contribution in [1.82, 2.24) is 10.6 Å². The van der Waals surface area contributed by atoms with Crippen LogP contribution in [0.5, 0.6) is 0 Å². The van der Waals surface area contributed by atoms with Gasteiger partial charge in [-0.15, -0.1) is 12.4 Å². The van der Waals surface area contributed by atoms with Gasteiger partial charge in [0.1, 0.15) is 0 Å². The SMILES string of the molecule is CNCC(C)C(=O)NC1CCCC1Cc1ccccc1.Cl. The van der Waals surface area contributed by atoms with Crippen LogP contribution in [0.1, 0.15) is 31.7 Å². The second-order valence-corrected chi connectivity index (χ2v) is 5.95. The van der Waals surface area contributed by atoms with Gasteiger partial charge in [0.15, 0.2) is 0 Å². The molecule has 1 amide bonds. The van der Waals surface area contributed by atoms with E-state index in [1.54, 1.807) is 0 Å². The standard InChI is InChI=1S/C17H26N2O.ClH/c1-13(12-18-2)17(20)19-16-10-6-9-15(16)11-14-7-4-3-5-8-14;/h3-5,7-8,13,15-16,18H,6,9-12H2,1-2H3,(H,19,20);1H. The van der Waals surface area contributed by atoms with Crippen LogP contribution in [-0.2, 0) is 11.2 Å². The van der Waals surface area contributed by atoms with Crippen molar-refractivity contribution in [3.8, 4) is 0 Å². The van der Waals surface area contributed by atoms with Crippen LogP contribution < -0.4 is 10.6 Å². The molecule has 0 spiro atoms. The molecule has 1 aliphatic carbocycles. The number of nitrogens with one attached hydrogen (secondary N) is 2. The molecule has 21 heavy (non-hydrogen) atoms. The molecular formula is C17H27ClN2O. The first-order chi connectivity index (χ1) is 9.70. The highest BCUT2D eigenvalue weighted by Gasteiger charge is 2.29. The number of carbonyl (C=O) groups excluding carboxylic acids is 1. The molecule has 118 valence electrons. The quantitative estimate of drug-likeness (QED) is 0.848. The Morgan fingerprint density at radius 2 is 2.00 bits per heavy atom. The van der Waals surface area contributed by atoms with E-state index in [4.69, 9.17) is 0 Å². The molecule has 2 N–H and O–H groups in total. The van der Waals surface area contributed by atoms with Gasteiger partial charge in [0, 0.05) is 18.5 Å². The zero-order valence-electron chi connectivity index (χ0n) is 13.0. The lowest BCUT2D eigenvalue weighted by atomic mass is 9.94. The lowest BCUT2D eigenvalue weighted by Crippen LogP contribution is -2.42. The van der Waals surface area contributed by atoms with Crippen molar-refractivity contribution in [2.24, 2.45) is 11.8 Å². The van der Waals surface area contributed by atoms with Crippen LogP contribution in [0.4, 0.5) is 0 Å². The van der Waals surface area contributed by atoms with E-state index in [1.807, 2.05) is 14.0 Å². The summed E-state index contributed by atoms with van der Waals surface area (Å²) in [5.41, 5.74) is 1.38. The fraction of sp³-hybridized carbons (Fsp3) is 0.588. The summed E-state index contributed by atoms with van der Waals surface area (Å²) in [5, 5.41) is 6.32. The summed E-state index contributed by atoms with van der Waals surface area (Å²) in [4.78, 5) is 12.1. The molecule has 0 radical (unpaired) electrons. The summed E-state index contributed by atoms with van der Waals surface area (Å²) in [6, 6.07) is 10.9. The molecule has 2 rings (SSSR count). The van der Waals surface area contributed by atoms with Gasteiger partial charge in [-0.1, -0.05) is 43.7 Å². The van der Waals surface area contributed by atoms with Gasteiger partial charge < -0.3 is 10.6 Å². The van der Waals surface area contributed by atoms with E-state index in [0.29, 0.717) is 12.0 Å². The van der Waals surface area contributed by atoms with E-state index in [-0.39, 0.29) is 24.2 Å². The van der Waals surface area contributed by atoms with Crippen molar-refractivity contribution in [2.75, 3.05) is 13.6 Å². The number of halogens is 1. The molecule has 1 aromatic rings. The second kappa shape index (κ2) is 9.06. The monoisotopic (exact) mass is 310 g/mol. The molecule has 0 saturated heterocycles. The normalized spacial score (nSPS) is 22.4.